The Hall–Kier alpha value is -1.90. The molecule has 1 aliphatic heterocycles. The SMILES string of the molecule is CCS(=O)(=O)N[C@@H]1[C@H](Cc2cccc(-c3cccc(F)c3)c2F)NC[C@@H]1F. The van der Waals surface area contributed by atoms with Gasteiger partial charge in [0, 0.05) is 18.2 Å². The summed E-state index contributed by atoms with van der Waals surface area (Å²) in [5, 5.41) is 2.92. The first-order valence-corrected chi connectivity index (χ1v) is 10.4. The van der Waals surface area contributed by atoms with E-state index in [4.69, 9.17) is 0 Å². The van der Waals surface area contributed by atoms with Gasteiger partial charge >= 0.3 is 0 Å². The molecule has 3 rings (SSSR count). The van der Waals surface area contributed by atoms with Gasteiger partial charge in [0.05, 0.1) is 11.8 Å². The Labute approximate surface area is 156 Å². The Balaban J connectivity index is 1.86. The van der Waals surface area contributed by atoms with Crippen molar-refractivity contribution in [3.05, 3.63) is 59.7 Å². The second kappa shape index (κ2) is 8.00. The maximum Gasteiger partial charge on any atom is 0.211 e. The molecule has 1 aliphatic rings. The summed E-state index contributed by atoms with van der Waals surface area (Å²) in [5.74, 6) is -1.15. The number of halogens is 3. The van der Waals surface area contributed by atoms with Crippen molar-refractivity contribution >= 4 is 10.0 Å². The van der Waals surface area contributed by atoms with Crippen LogP contribution in [0.15, 0.2) is 42.5 Å². The zero-order valence-electron chi connectivity index (χ0n) is 14.8. The van der Waals surface area contributed by atoms with Gasteiger partial charge in [-0.25, -0.2) is 26.3 Å². The molecule has 1 saturated heterocycles. The highest BCUT2D eigenvalue weighted by Gasteiger charge is 2.38. The maximum absolute atomic E-state index is 15.0. The first-order valence-electron chi connectivity index (χ1n) is 8.71. The third-order valence-electron chi connectivity index (χ3n) is 4.75. The van der Waals surface area contributed by atoms with Crippen LogP contribution in [-0.4, -0.2) is 39.0 Å². The normalized spacial score (nSPS) is 22.9. The smallest absolute Gasteiger partial charge is 0.211 e. The van der Waals surface area contributed by atoms with E-state index in [9.17, 15) is 21.6 Å². The minimum atomic E-state index is -3.59. The average Bonchev–Trinajstić information content (AvgIpc) is 2.96. The molecule has 0 aromatic heterocycles. The zero-order valence-corrected chi connectivity index (χ0v) is 15.6. The zero-order chi connectivity index (χ0) is 19.6. The van der Waals surface area contributed by atoms with E-state index in [1.807, 2.05) is 0 Å². The lowest BCUT2D eigenvalue weighted by Gasteiger charge is -2.22. The second-order valence-electron chi connectivity index (χ2n) is 6.57. The number of alkyl halides is 1. The van der Waals surface area contributed by atoms with Gasteiger partial charge < -0.3 is 5.32 Å². The van der Waals surface area contributed by atoms with Gasteiger partial charge in [-0.2, -0.15) is 0 Å². The van der Waals surface area contributed by atoms with Gasteiger partial charge in [-0.05, 0) is 36.6 Å². The fourth-order valence-electron chi connectivity index (χ4n) is 3.27. The summed E-state index contributed by atoms with van der Waals surface area (Å²) >= 11 is 0. The molecule has 27 heavy (non-hydrogen) atoms. The van der Waals surface area contributed by atoms with E-state index in [1.165, 1.54) is 25.1 Å². The van der Waals surface area contributed by atoms with Crippen LogP contribution in [0.3, 0.4) is 0 Å². The van der Waals surface area contributed by atoms with E-state index in [-0.39, 0.29) is 24.3 Å². The lowest BCUT2D eigenvalue weighted by atomic mass is 9.96. The van der Waals surface area contributed by atoms with Crippen LogP contribution in [0.25, 0.3) is 11.1 Å². The van der Waals surface area contributed by atoms with Crippen molar-refractivity contribution in [3.8, 4) is 11.1 Å². The first-order chi connectivity index (χ1) is 12.8. The van der Waals surface area contributed by atoms with E-state index >= 15 is 0 Å². The molecule has 146 valence electrons. The highest BCUT2D eigenvalue weighted by Crippen LogP contribution is 2.27. The van der Waals surface area contributed by atoms with Crippen LogP contribution in [0.1, 0.15) is 12.5 Å². The Kier molecular flexibility index (Phi) is 5.88. The van der Waals surface area contributed by atoms with Crippen LogP contribution >= 0.6 is 0 Å². The summed E-state index contributed by atoms with van der Waals surface area (Å²) in [6.45, 7) is 1.46. The molecule has 0 amide bonds. The van der Waals surface area contributed by atoms with Crippen LogP contribution in [0.2, 0.25) is 0 Å². The number of nitrogens with one attached hydrogen (secondary N) is 2. The lowest BCUT2D eigenvalue weighted by Crippen LogP contribution is -2.48. The first kappa shape index (κ1) is 19.9. The van der Waals surface area contributed by atoms with Gasteiger partial charge in [-0.15, -0.1) is 0 Å². The van der Waals surface area contributed by atoms with E-state index in [1.54, 1.807) is 24.3 Å². The molecule has 2 N–H and O–H groups in total. The predicted octanol–water partition coefficient (Wildman–Crippen LogP) is 2.79. The van der Waals surface area contributed by atoms with Crippen molar-refractivity contribution < 1.29 is 21.6 Å². The summed E-state index contributed by atoms with van der Waals surface area (Å²) in [7, 11) is -3.59. The average molecular weight is 398 g/mol. The lowest BCUT2D eigenvalue weighted by molar-refractivity contribution is 0.304. The van der Waals surface area contributed by atoms with Gasteiger partial charge in [-0.1, -0.05) is 30.3 Å². The molecule has 0 saturated carbocycles. The number of hydrogen-bond donors (Lipinski definition) is 2. The fourth-order valence-corrected chi connectivity index (χ4v) is 4.16. The molecule has 4 nitrogen and oxygen atoms in total. The highest BCUT2D eigenvalue weighted by atomic mass is 32.2. The van der Waals surface area contributed by atoms with Crippen molar-refractivity contribution in [1.29, 1.82) is 0 Å². The highest BCUT2D eigenvalue weighted by molar-refractivity contribution is 7.89. The van der Waals surface area contributed by atoms with Crippen molar-refractivity contribution in [3.63, 3.8) is 0 Å². The standard InChI is InChI=1S/C19H21F3N2O2S/c1-2-27(25,26)24-19-16(21)11-23-17(19)10-13-6-4-8-15(18(13)22)12-5-3-7-14(20)9-12/h3-9,16-17,19,23-24H,2,10-11H2,1H3/t16-,17-,19-/m0/s1. The molecule has 2 aromatic carbocycles. The predicted molar refractivity (Wildman–Crippen MR) is 98.6 cm³/mol. The molecule has 0 radical (unpaired) electrons. The van der Waals surface area contributed by atoms with Gasteiger partial charge in [0.2, 0.25) is 10.0 Å². The fraction of sp³-hybridized carbons (Fsp3) is 0.368. The molecule has 0 bridgehead atoms. The Bertz CT molecular complexity index is 921. The van der Waals surface area contributed by atoms with Crippen LogP contribution < -0.4 is 10.0 Å². The number of benzene rings is 2. The molecular weight excluding hydrogens is 377 g/mol. The van der Waals surface area contributed by atoms with Gasteiger partial charge in [0.15, 0.2) is 0 Å². The van der Waals surface area contributed by atoms with E-state index in [2.05, 4.69) is 10.0 Å². The molecule has 8 heteroatoms. The van der Waals surface area contributed by atoms with Crippen LogP contribution in [0.4, 0.5) is 13.2 Å². The van der Waals surface area contributed by atoms with E-state index in [0.717, 1.165) is 0 Å². The molecule has 2 aromatic rings. The van der Waals surface area contributed by atoms with Gasteiger partial charge in [0.1, 0.15) is 17.8 Å². The number of sulfonamides is 1. The monoisotopic (exact) mass is 398 g/mol. The van der Waals surface area contributed by atoms with Crippen molar-refractivity contribution in [2.24, 2.45) is 0 Å². The second-order valence-corrected chi connectivity index (χ2v) is 8.61. The number of rotatable bonds is 6. The Morgan fingerprint density at radius 3 is 2.63 bits per heavy atom. The Morgan fingerprint density at radius 1 is 1.19 bits per heavy atom. The largest absolute Gasteiger partial charge is 0.309 e. The van der Waals surface area contributed by atoms with Crippen LogP contribution in [0, 0.1) is 11.6 Å². The van der Waals surface area contributed by atoms with E-state index < -0.39 is 39.9 Å². The minimum absolute atomic E-state index is 0.00717. The molecule has 0 aliphatic carbocycles. The van der Waals surface area contributed by atoms with E-state index in [0.29, 0.717) is 11.1 Å². The van der Waals surface area contributed by atoms with Gasteiger partial charge in [0.25, 0.3) is 0 Å². The Morgan fingerprint density at radius 2 is 1.93 bits per heavy atom. The summed E-state index contributed by atoms with van der Waals surface area (Å²) in [6, 6.07) is 8.83. The maximum atomic E-state index is 15.0. The summed E-state index contributed by atoms with van der Waals surface area (Å²) < 4.78 is 68.6. The quantitative estimate of drug-likeness (QED) is 0.787. The van der Waals surface area contributed by atoms with Crippen molar-refractivity contribution in [2.75, 3.05) is 12.3 Å². The molecule has 3 atom stereocenters. The molecular formula is C19H21F3N2O2S. The molecule has 1 fully saturated rings. The summed E-state index contributed by atoms with van der Waals surface area (Å²) in [6.07, 6.45) is -1.29. The molecule has 1 heterocycles. The van der Waals surface area contributed by atoms with Crippen LogP contribution in [-0.2, 0) is 16.4 Å². The van der Waals surface area contributed by atoms with Crippen LogP contribution in [0.5, 0.6) is 0 Å². The van der Waals surface area contributed by atoms with Gasteiger partial charge in [-0.3, -0.25) is 0 Å². The van der Waals surface area contributed by atoms with Crippen molar-refractivity contribution in [2.45, 2.75) is 31.6 Å². The third kappa shape index (κ3) is 4.51. The van der Waals surface area contributed by atoms with Crippen molar-refractivity contribution in [1.82, 2.24) is 10.0 Å². The molecule has 0 spiro atoms. The third-order valence-corrected chi connectivity index (χ3v) is 6.14. The minimum Gasteiger partial charge on any atom is -0.309 e. The number of hydrogen-bond acceptors (Lipinski definition) is 3. The topological polar surface area (TPSA) is 58.2 Å². The molecule has 0 unspecified atom stereocenters. The summed E-state index contributed by atoms with van der Waals surface area (Å²) in [4.78, 5) is 0. The summed E-state index contributed by atoms with van der Waals surface area (Å²) in [5.41, 5.74) is 0.955.